The standard InChI is InChI=1S/C8H13N3O4/c1-2-6-7(14)9-8(15)11(10-6)3-5(13)4-12/h5,12-13H,2-4H2,1H3,(H,9,14,15)/t5-/m1/s1. The lowest BCUT2D eigenvalue weighted by molar-refractivity contribution is 0.0762. The van der Waals surface area contributed by atoms with E-state index in [0.717, 1.165) is 4.68 Å². The molecule has 1 rings (SSSR count). The molecule has 0 aromatic carbocycles. The Hall–Kier alpha value is -1.47. The number of nitrogens with zero attached hydrogens (tertiary/aromatic N) is 2. The molecule has 0 radical (unpaired) electrons. The molecule has 1 aromatic heterocycles. The highest BCUT2D eigenvalue weighted by molar-refractivity contribution is 4.91. The average Bonchev–Trinajstić information content (AvgIpc) is 2.21. The van der Waals surface area contributed by atoms with E-state index in [1.54, 1.807) is 6.92 Å². The van der Waals surface area contributed by atoms with Crippen LogP contribution >= 0.6 is 0 Å². The van der Waals surface area contributed by atoms with Gasteiger partial charge in [-0.15, -0.1) is 0 Å². The second kappa shape index (κ2) is 4.85. The lowest BCUT2D eigenvalue weighted by Crippen LogP contribution is -2.38. The normalized spacial score (nSPS) is 12.7. The zero-order valence-corrected chi connectivity index (χ0v) is 8.30. The number of H-pyrrole nitrogens is 1. The van der Waals surface area contributed by atoms with Gasteiger partial charge in [0.1, 0.15) is 5.69 Å². The van der Waals surface area contributed by atoms with Crippen molar-refractivity contribution in [2.75, 3.05) is 6.61 Å². The summed E-state index contributed by atoms with van der Waals surface area (Å²) in [6.07, 6.45) is -0.670. The van der Waals surface area contributed by atoms with Crippen LogP contribution in [-0.2, 0) is 13.0 Å². The predicted molar refractivity (Wildman–Crippen MR) is 51.6 cm³/mol. The summed E-state index contributed by atoms with van der Waals surface area (Å²) in [4.78, 5) is 24.4. The van der Waals surface area contributed by atoms with Gasteiger partial charge in [-0.3, -0.25) is 9.78 Å². The molecule has 84 valence electrons. The van der Waals surface area contributed by atoms with E-state index in [0.29, 0.717) is 6.42 Å². The summed E-state index contributed by atoms with van der Waals surface area (Å²) in [6.45, 7) is 1.13. The minimum Gasteiger partial charge on any atom is -0.394 e. The maximum atomic E-state index is 11.2. The van der Waals surface area contributed by atoms with E-state index in [1.807, 2.05) is 0 Å². The van der Waals surface area contributed by atoms with Crippen LogP contribution < -0.4 is 11.2 Å². The number of rotatable bonds is 4. The molecule has 0 aliphatic rings. The SMILES string of the molecule is CCc1nn(C[C@@H](O)CO)c(=O)[nH]c1=O. The van der Waals surface area contributed by atoms with E-state index < -0.39 is 24.0 Å². The molecule has 0 fully saturated rings. The fourth-order valence-corrected chi connectivity index (χ4v) is 1.08. The largest absolute Gasteiger partial charge is 0.394 e. The summed E-state index contributed by atoms with van der Waals surface area (Å²) in [7, 11) is 0. The van der Waals surface area contributed by atoms with Crippen molar-refractivity contribution < 1.29 is 10.2 Å². The van der Waals surface area contributed by atoms with Crippen molar-refractivity contribution in [2.45, 2.75) is 26.0 Å². The molecule has 0 aliphatic carbocycles. The Morgan fingerprint density at radius 3 is 2.73 bits per heavy atom. The van der Waals surface area contributed by atoms with Gasteiger partial charge < -0.3 is 10.2 Å². The molecule has 1 heterocycles. The highest BCUT2D eigenvalue weighted by atomic mass is 16.3. The van der Waals surface area contributed by atoms with E-state index in [9.17, 15) is 9.59 Å². The van der Waals surface area contributed by atoms with Gasteiger partial charge in [0.15, 0.2) is 0 Å². The number of aryl methyl sites for hydroxylation is 1. The maximum absolute atomic E-state index is 11.2. The summed E-state index contributed by atoms with van der Waals surface area (Å²) < 4.78 is 0.932. The lowest BCUT2D eigenvalue weighted by atomic mass is 10.3. The molecule has 7 heteroatoms. The Balaban J connectivity index is 3.08. The molecular formula is C8H13N3O4. The van der Waals surface area contributed by atoms with Crippen molar-refractivity contribution in [3.05, 3.63) is 26.5 Å². The first-order valence-electron chi connectivity index (χ1n) is 4.57. The second-order valence-electron chi connectivity index (χ2n) is 3.08. The van der Waals surface area contributed by atoms with E-state index in [-0.39, 0.29) is 12.2 Å². The monoisotopic (exact) mass is 215 g/mol. The average molecular weight is 215 g/mol. The van der Waals surface area contributed by atoms with Crippen LogP contribution in [-0.4, -0.2) is 37.7 Å². The van der Waals surface area contributed by atoms with Crippen molar-refractivity contribution in [3.8, 4) is 0 Å². The van der Waals surface area contributed by atoms with Gasteiger partial charge in [-0.25, -0.2) is 9.48 Å². The number of aromatic nitrogens is 3. The Morgan fingerprint density at radius 2 is 2.20 bits per heavy atom. The summed E-state index contributed by atoms with van der Waals surface area (Å²) in [5.74, 6) is 0. The van der Waals surface area contributed by atoms with Crippen LogP contribution in [0.15, 0.2) is 9.59 Å². The second-order valence-corrected chi connectivity index (χ2v) is 3.08. The zero-order chi connectivity index (χ0) is 11.4. The van der Waals surface area contributed by atoms with Gasteiger partial charge in [-0.05, 0) is 6.42 Å². The molecule has 0 unspecified atom stereocenters. The van der Waals surface area contributed by atoms with Gasteiger partial charge >= 0.3 is 5.69 Å². The minimum atomic E-state index is -1.06. The Kier molecular flexibility index (Phi) is 3.75. The molecule has 0 amide bonds. The van der Waals surface area contributed by atoms with Crippen LogP contribution in [0.2, 0.25) is 0 Å². The van der Waals surface area contributed by atoms with Crippen molar-refractivity contribution in [1.82, 2.24) is 14.8 Å². The van der Waals surface area contributed by atoms with Crippen molar-refractivity contribution >= 4 is 0 Å². The van der Waals surface area contributed by atoms with Gasteiger partial charge in [0, 0.05) is 0 Å². The van der Waals surface area contributed by atoms with Crippen LogP contribution in [0.4, 0.5) is 0 Å². The highest BCUT2D eigenvalue weighted by Crippen LogP contribution is 1.86. The summed E-state index contributed by atoms with van der Waals surface area (Å²) in [5.41, 5.74) is -0.985. The van der Waals surface area contributed by atoms with E-state index in [1.165, 1.54) is 0 Å². The molecular weight excluding hydrogens is 202 g/mol. The fraction of sp³-hybridized carbons (Fsp3) is 0.625. The maximum Gasteiger partial charge on any atom is 0.344 e. The van der Waals surface area contributed by atoms with Gasteiger partial charge in [0.2, 0.25) is 0 Å². The molecule has 3 N–H and O–H groups in total. The number of aromatic amines is 1. The number of hydrogen-bond donors (Lipinski definition) is 3. The van der Waals surface area contributed by atoms with Gasteiger partial charge in [0.25, 0.3) is 5.56 Å². The summed E-state index contributed by atoms with van der Waals surface area (Å²) in [5, 5.41) is 21.5. The third kappa shape index (κ3) is 2.74. The van der Waals surface area contributed by atoms with Crippen LogP contribution in [0.3, 0.4) is 0 Å². The zero-order valence-electron chi connectivity index (χ0n) is 8.30. The molecule has 7 nitrogen and oxygen atoms in total. The molecule has 1 atom stereocenters. The summed E-state index contributed by atoms with van der Waals surface area (Å²) >= 11 is 0. The van der Waals surface area contributed by atoms with Gasteiger partial charge in [-0.2, -0.15) is 5.10 Å². The quantitative estimate of drug-likeness (QED) is 0.530. The molecule has 0 saturated heterocycles. The van der Waals surface area contributed by atoms with Gasteiger partial charge in [0.05, 0.1) is 19.3 Å². The molecule has 0 saturated carbocycles. The lowest BCUT2D eigenvalue weighted by Gasteiger charge is -2.08. The third-order valence-electron chi connectivity index (χ3n) is 1.89. The number of nitrogens with one attached hydrogen (secondary N) is 1. The minimum absolute atomic E-state index is 0.140. The van der Waals surface area contributed by atoms with Crippen molar-refractivity contribution in [1.29, 1.82) is 0 Å². The highest BCUT2D eigenvalue weighted by Gasteiger charge is 2.08. The van der Waals surface area contributed by atoms with E-state index in [2.05, 4.69) is 10.1 Å². The third-order valence-corrected chi connectivity index (χ3v) is 1.89. The molecule has 0 spiro atoms. The van der Waals surface area contributed by atoms with Crippen LogP contribution in [0.5, 0.6) is 0 Å². The van der Waals surface area contributed by atoms with Crippen LogP contribution in [0.1, 0.15) is 12.6 Å². The van der Waals surface area contributed by atoms with E-state index in [4.69, 9.17) is 10.2 Å². The van der Waals surface area contributed by atoms with Crippen LogP contribution in [0.25, 0.3) is 0 Å². The number of aliphatic hydroxyl groups excluding tert-OH is 2. The predicted octanol–water partition coefficient (Wildman–Crippen LogP) is -2.15. The number of aliphatic hydroxyl groups is 2. The van der Waals surface area contributed by atoms with Crippen molar-refractivity contribution in [3.63, 3.8) is 0 Å². The Bertz CT molecular complexity index is 436. The van der Waals surface area contributed by atoms with Crippen LogP contribution in [0, 0.1) is 0 Å². The van der Waals surface area contributed by atoms with Crippen molar-refractivity contribution in [2.24, 2.45) is 0 Å². The topological polar surface area (TPSA) is 108 Å². The van der Waals surface area contributed by atoms with Gasteiger partial charge in [-0.1, -0.05) is 6.92 Å². The first kappa shape index (κ1) is 11.6. The summed E-state index contributed by atoms with van der Waals surface area (Å²) in [6, 6.07) is 0. The Labute approximate surface area is 85.0 Å². The first-order valence-corrected chi connectivity index (χ1v) is 4.57. The molecule has 1 aromatic rings. The smallest absolute Gasteiger partial charge is 0.344 e. The first-order chi connectivity index (χ1) is 7.08. The number of hydrogen-bond acceptors (Lipinski definition) is 5. The van der Waals surface area contributed by atoms with E-state index >= 15 is 0 Å². The fourth-order valence-electron chi connectivity index (χ4n) is 1.08. The molecule has 15 heavy (non-hydrogen) atoms. The molecule has 0 bridgehead atoms. The Morgan fingerprint density at radius 1 is 1.53 bits per heavy atom. The molecule has 0 aliphatic heterocycles.